The number of nitriles is 1. The molecule has 110 valence electrons. The molecule has 1 aromatic rings. The van der Waals surface area contributed by atoms with E-state index < -0.39 is 10.0 Å². The van der Waals surface area contributed by atoms with E-state index in [0.717, 1.165) is 0 Å². The summed E-state index contributed by atoms with van der Waals surface area (Å²) in [6.07, 6.45) is 0.147. The smallest absolute Gasteiger partial charge is 0.237 e. The van der Waals surface area contributed by atoms with Crippen LogP contribution in [0.15, 0.2) is 30.3 Å². The number of ether oxygens (including phenoxy) is 1. The van der Waals surface area contributed by atoms with E-state index in [0.29, 0.717) is 5.69 Å². The number of hydrogen-bond donors (Lipinski definition) is 0. The molecule has 0 saturated carbocycles. The first-order chi connectivity index (χ1) is 9.47. The van der Waals surface area contributed by atoms with Crippen LogP contribution in [0.2, 0.25) is 0 Å². The van der Waals surface area contributed by atoms with Crippen LogP contribution in [0.5, 0.6) is 0 Å². The van der Waals surface area contributed by atoms with Gasteiger partial charge in [-0.3, -0.25) is 4.31 Å². The minimum absolute atomic E-state index is 0.00511. The topological polar surface area (TPSA) is 70.4 Å². The lowest BCUT2D eigenvalue weighted by molar-refractivity contribution is 0.0912. The average Bonchev–Trinajstić information content (AvgIpc) is 2.39. The summed E-state index contributed by atoms with van der Waals surface area (Å²) >= 11 is 0. The van der Waals surface area contributed by atoms with Crippen molar-refractivity contribution in [3.05, 3.63) is 30.3 Å². The van der Waals surface area contributed by atoms with Crippen molar-refractivity contribution < 1.29 is 13.2 Å². The van der Waals surface area contributed by atoms with E-state index in [1.807, 2.05) is 26.0 Å². The maximum absolute atomic E-state index is 12.4. The quantitative estimate of drug-likeness (QED) is 0.737. The molecule has 1 rings (SSSR count). The van der Waals surface area contributed by atoms with E-state index in [1.54, 1.807) is 24.3 Å². The molecular formula is C14H20N2O3S. The lowest BCUT2D eigenvalue weighted by atomic mass is 10.3. The van der Waals surface area contributed by atoms with Crippen molar-refractivity contribution in [3.8, 4) is 6.07 Å². The molecule has 1 aromatic carbocycles. The van der Waals surface area contributed by atoms with Gasteiger partial charge in [0.15, 0.2) is 0 Å². The third kappa shape index (κ3) is 5.19. The molecule has 20 heavy (non-hydrogen) atoms. The van der Waals surface area contributed by atoms with E-state index in [-0.39, 0.29) is 31.4 Å². The molecule has 0 saturated heterocycles. The van der Waals surface area contributed by atoms with Crippen molar-refractivity contribution in [1.29, 1.82) is 5.26 Å². The summed E-state index contributed by atoms with van der Waals surface area (Å²) in [5.41, 5.74) is 0.576. The van der Waals surface area contributed by atoms with Gasteiger partial charge in [-0.05, 0) is 26.0 Å². The second-order valence-corrected chi connectivity index (χ2v) is 6.56. The summed E-state index contributed by atoms with van der Waals surface area (Å²) in [7, 11) is -3.49. The van der Waals surface area contributed by atoms with Crippen LogP contribution in [-0.4, -0.2) is 33.4 Å². The van der Waals surface area contributed by atoms with E-state index in [1.165, 1.54) is 4.31 Å². The average molecular weight is 296 g/mol. The molecule has 0 heterocycles. The van der Waals surface area contributed by atoms with Gasteiger partial charge >= 0.3 is 0 Å². The molecule has 0 aliphatic heterocycles. The van der Waals surface area contributed by atoms with Gasteiger partial charge in [-0.2, -0.15) is 5.26 Å². The van der Waals surface area contributed by atoms with Gasteiger partial charge in [0.1, 0.15) is 0 Å². The Bertz CT molecular complexity index is 535. The van der Waals surface area contributed by atoms with Gasteiger partial charge in [-0.1, -0.05) is 18.2 Å². The fourth-order valence-electron chi connectivity index (χ4n) is 1.67. The third-order valence-corrected chi connectivity index (χ3v) is 4.35. The van der Waals surface area contributed by atoms with Gasteiger partial charge in [0.05, 0.1) is 36.6 Å². The Morgan fingerprint density at radius 1 is 1.30 bits per heavy atom. The number of rotatable bonds is 8. The molecule has 0 spiro atoms. The molecule has 0 aromatic heterocycles. The Kier molecular flexibility index (Phi) is 6.49. The Labute approximate surface area is 120 Å². The maximum Gasteiger partial charge on any atom is 0.237 e. The largest absolute Gasteiger partial charge is 0.378 e. The Balaban J connectivity index is 2.84. The van der Waals surface area contributed by atoms with Crippen LogP contribution >= 0.6 is 0 Å². The molecular weight excluding hydrogens is 276 g/mol. The molecule has 5 nitrogen and oxygen atoms in total. The second-order valence-electron chi connectivity index (χ2n) is 4.55. The predicted octanol–water partition coefficient (Wildman–Crippen LogP) is 2.16. The van der Waals surface area contributed by atoms with Gasteiger partial charge in [0.25, 0.3) is 0 Å². The van der Waals surface area contributed by atoms with Crippen molar-refractivity contribution in [2.75, 3.05) is 23.2 Å². The predicted molar refractivity (Wildman–Crippen MR) is 78.9 cm³/mol. The minimum Gasteiger partial charge on any atom is -0.378 e. The number of benzene rings is 1. The third-order valence-electron chi connectivity index (χ3n) is 2.60. The first-order valence-electron chi connectivity index (χ1n) is 6.51. The van der Waals surface area contributed by atoms with Crippen molar-refractivity contribution in [3.63, 3.8) is 0 Å². The summed E-state index contributed by atoms with van der Waals surface area (Å²) < 4.78 is 31.3. The van der Waals surface area contributed by atoms with E-state index in [4.69, 9.17) is 10.00 Å². The highest BCUT2D eigenvalue weighted by Gasteiger charge is 2.22. The molecule has 0 amide bonds. The first-order valence-corrected chi connectivity index (χ1v) is 8.12. The molecule has 6 heteroatoms. The molecule has 0 unspecified atom stereocenters. The Morgan fingerprint density at radius 2 is 1.95 bits per heavy atom. The number of para-hydroxylation sites is 1. The van der Waals surface area contributed by atoms with E-state index >= 15 is 0 Å². The normalized spacial score (nSPS) is 11.3. The summed E-state index contributed by atoms with van der Waals surface area (Å²) in [6, 6.07) is 10.8. The van der Waals surface area contributed by atoms with E-state index in [2.05, 4.69) is 0 Å². The molecule has 0 atom stereocenters. The van der Waals surface area contributed by atoms with E-state index in [9.17, 15) is 8.42 Å². The fraction of sp³-hybridized carbons (Fsp3) is 0.500. The van der Waals surface area contributed by atoms with Crippen LogP contribution in [-0.2, 0) is 14.8 Å². The standard InChI is InChI=1S/C14H20N2O3S/c1-13(2)19-11-12-20(17,18)16(10-6-9-15)14-7-4-3-5-8-14/h3-5,7-8,13H,6,10-12H2,1-2H3. The summed E-state index contributed by atoms with van der Waals surface area (Å²) in [6.45, 7) is 4.02. The zero-order valence-electron chi connectivity index (χ0n) is 11.8. The number of nitrogens with zero attached hydrogens (tertiary/aromatic N) is 2. The zero-order chi connectivity index (χ0) is 15.0. The summed E-state index contributed by atoms with van der Waals surface area (Å²) in [5.74, 6) is -0.0918. The molecule has 0 radical (unpaired) electrons. The SMILES string of the molecule is CC(C)OCCS(=O)(=O)N(CCC#N)c1ccccc1. The summed E-state index contributed by atoms with van der Waals surface area (Å²) in [5, 5.41) is 8.68. The Hall–Kier alpha value is -1.58. The van der Waals surface area contributed by atoms with Crippen molar-refractivity contribution in [1.82, 2.24) is 0 Å². The van der Waals surface area contributed by atoms with Crippen molar-refractivity contribution in [2.45, 2.75) is 26.4 Å². The van der Waals surface area contributed by atoms with Gasteiger partial charge in [0.2, 0.25) is 10.0 Å². The lowest BCUT2D eigenvalue weighted by Crippen LogP contribution is -2.35. The highest BCUT2D eigenvalue weighted by molar-refractivity contribution is 7.92. The number of anilines is 1. The van der Waals surface area contributed by atoms with Gasteiger partial charge < -0.3 is 4.74 Å². The molecule has 0 aliphatic rings. The Morgan fingerprint density at radius 3 is 2.50 bits per heavy atom. The van der Waals surface area contributed by atoms with Crippen molar-refractivity contribution in [2.24, 2.45) is 0 Å². The molecule has 0 N–H and O–H groups in total. The van der Waals surface area contributed by atoms with Gasteiger partial charge in [0, 0.05) is 6.54 Å². The highest BCUT2D eigenvalue weighted by atomic mass is 32.2. The minimum atomic E-state index is -3.49. The molecule has 0 aliphatic carbocycles. The lowest BCUT2D eigenvalue weighted by Gasteiger charge is -2.23. The van der Waals surface area contributed by atoms with Crippen LogP contribution in [0.25, 0.3) is 0 Å². The van der Waals surface area contributed by atoms with Crippen LogP contribution in [0.1, 0.15) is 20.3 Å². The number of hydrogen-bond acceptors (Lipinski definition) is 4. The highest BCUT2D eigenvalue weighted by Crippen LogP contribution is 2.18. The molecule has 0 bridgehead atoms. The van der Waals surface area contributed by atoms with Crippen molar-refractivity contribution >= 4 is 15.7 Å². The molecule has 0 fully saturated rings. The maximum atomic E-state index is 12.4. The monoisotopic (exact) mass is 296 g/mol. The van der Waals surface area contributed by atoms with Crippen LogP contribution in [0, 0.1) is 11.3 Å². The second kappa shape index (κ2) is 7.88. The fourth-order valence-corrected chi connectivity index (χ4v) is 3.01. The van der Waals surface area contributed by atoms with Crippen LogP contribution in [0.4, 0.5) is 5.69 Å². The first kappa shape index (κ1) is 16.5. The van der Waals surface area contributed by atoms with Gasteiger partial charge in [-0.25, -0.2) is 8.42 Å². The summed E-state index contributed by atoms with van der Waals surface area (Å²) in [4.78, 5) is 0. The van der Waals surface area contributed by atoms with Crippen LogP contribution in [0.3, 0.4) is 0 Å². The zero-order valence-corrected chi connectivity index (χ0v) is 12.6. The van der Waals surface area contributed by atoms with Gasteiger partial charge in [-0.15, -0.1) is 0 Å². The number of sulfonamides is 1. The van der Waals surface area contributed by atoms with Crippen LogP contribution < -0.4 is 4.31 Å².